The van der Waals surface area contributed by atoms with Crippen molar-refractivity contribution in [3.05, 3.63) is 39.6 Å². The normalized spacial score (nSPS) is 21.7. The standard InChI is InChI=1S/C17H20N4S/c18-8-13-7-15(22-11-13)10-20-6-5-14(9-20)21-12-19-16-3-1-2-4-17(16)21/h7,11-12,14H,1-6,9-10H2/t14-/m0/s1. The molecule has 1 atom stereocenters. The molecule has 0 radical (unpaired) electrons. The van der Waals surface area contributed by atoms with Crippen LogP contribution < -0.4 is 0 Å². The molecule has 114 valence electrons. The summed E-state index contributed by atoms with van der Waals surface area (Å²) in [4.78, 5) is 8.44. The zero-order valence-electron chi connectivity index (χ0n) is 12.7. The topological polar surface area (TPSA) is 44.9 Å². The summed E-state index contributed by atoms with van der Waals surface area (Å²) in [5.41, 5.74) is 3.61. The molecule has 0 N–H and O–H groups in total. The number of imidazole rings is 1. The maximum atomic E-state index is 8.92. The Morgan fingerprint density at radius 3 is 3.14 bits per heavy atom. The molecule has 0 saturated carbocycles. The lowest BCUT2D eigenvalue weighted by atomic mass is 10.0. The van der Waals surface area contributed by atoms with Crippen LogP contribution in [-0.4, -0.2) is 27.5 Å². The summed E-state index contributed by atoms with van der Waals surface area (Å²) in [6, 6.07) is 4.82. The maximum Gasteiger partial charge on any atom is 0.100 e. The minimum Gasteiger partial charge on any atom is -0.330 e. The van der Waals surface area contributed by atoms with E-state index in [-0.39, 0.29) is 0 Å². The van der Waals surface area contributed by atoms with Crippen molar-refractivity contribution in [3.63, 3.8) is 0 Å². The van der Waals surface area contributed by atoms with E-state index in [0.717, 1.165) is 31.6 Å². The molecule has 0 spiro atoms. The Kier molecular flexibility index (Phi) is 3.73. The van der Waals surface area contributed by atoms with E-state index in [9.17, 15) is 0 Å². The molecular formula is C17H20N4S. The molecule has 0 bridgehead atoms. The first kappa shape index (κ1) is 14.0. The Hall–Kier alpha value is -1.64. The van der Waals surface area contributed by atoms with Crippen molar-refractivity contribution in [1.82, 2.24) is 14.5 Å². The van der Waals surface area contributed by atoms with Crippen LogP contribution in [0.2, 0.25) is 0 Å². The van der Waals surface area contributed by atoms with Gasteiger partial charge in [0, 0.05) is 41.6 Å². The van der Waals surface area contributed by atoms with E-state index >= 15 is 0 Å². The summed E-state index contributed by atoms with van der Waals surface area (Å²) < 4.78 is 2.45. The Bertz CT molecular complexity index is 709. The van der Waals surface area contributed by atoms with E-state index in [0.29, 0.717) is 6.04 Å². The molecule has 1 saturated heterocycles. The summed E-state index contributed by atoms with van der Waals surface area (Å²) in [5.74, 6) is 0. The van der Waals surface area contributed by atoms with Gasteiger partial charge in [0.05, 0.1) is 17.6 Å². The van der Waals surface area contributed by atoms with Gasteiger partial charge in [-0.25, -0.2) is 4.98 Å². The summed E-state index contributed by atoms with van der Waals surface area (Å²) in [6.45, 7) is 3.21. The minimum atomic E-state index is 0.574. The van der Waals surface area contributed by atoms with Gasteiger partial charge in [-0.3, -0.25) is 4.90 Å². The average Bonchev–Trinajstić information content (AvgIpc) is 3.26. The Balaban J connectivity index is 1.44. The van der Waals surface area contributed by atoms with Gasteiger partial charge in [-0.05, 0) is 38.2 Å². The predicted octanol–water partition coefficient (Wildman–Crippen LogP) is 3.14. The summed E-state index contributed by atoms with van der Waals surface area (Å²) >= 11 is 1.70. The number of fused-ring (bicyclic) bond motifs is 1. The van der Waals surface area contributed by atoms with Crippen molar-refractivity contribution < 1.29 is 0 Å². The number of rotatable bonds is 3. The van der Waals surface area contributed by atoms with Gasteiger partial charge in [-0.1, -0.05) is 0 Å². The molecule has 1 fully saturated rings. The van der Waals surface area contributed by atoms with Crippen LogP contribution in [0.5, 0.6) is 0 Å². The molecular weight excluding hydrogens is 292 g/mol. The average molecular weight is 312 g/mol. The van der Waals surface area contributed by atoms with Crippen molar-refractivity contribution in [2.75, 3.05) is 13.1 Å². The highest BCUT2D eigenvalue weighted by Crippen LogP contribution is 2.29. The molecule has 5 heteroatoms. The van der Waals surface area contributed by atoms with Gasteiger partial charge in [0.25, 0.3) is 0 Å². The minimum absolute atomic E-state index is 0.574. The zero-order valence-corrected chi connectivity index (χ0v) is 13.5. The molecule has 1 aliphatic carbocycles. The molecule has 22 heavy (non-hydrogen) atoms. The molecule has 2 aromatic rings. The van der Waals surface area contributed by atoms with Gasteiger partial charge in [0.2, 0.25) is 0 Å². The largest absolute Gasteiger partial charge is 0.330 e. The Morgan fingerprint density at radius 1 is 1.36 bits per heavy atom. The quantitative estimate of drug-likeness (QED) is 0.874. The second kappa shape index (κ2) is 5.86. The number of nitriles is 1. The van der Waals surface area contributed by atoms with Crippen LogP contribution in [0.1, 0.15) is 47.1 Å². The molecule has 4 rings (SSSR count). The number of hydrogen-bond acceptors (Lipinski definition) is 4. The third-order valence-corrected chi connectivity index (χ3v) is 5.78. The number of hydrogen-bond donors (Lipinski definition) is 0. The number of aromatic nitrogens is 2. The van der Waals surface area contributed by atoms with E-state index in [1.807, 2.05) is 11.4 Å². The van der Waals surface area contributed by atoms with Crippen LogP contribution in [0.15, 0.2) is 17.8 Å². The van der Waals surface area contributed by atoms with Crippen molar-refractivity contribution in [2.24, 2.45) is 0 Å². The number of likely N-dealkylation sites (tertiary alicyclic amines) is 1. The first-order chi connectivity index (χ1) is 10.8. The lowest BCUT2D eigenvalue weighted by molar-refractivity contribution is 0.317. The first-order valence-corrected chi connectivity index (χ1v) is 8.96. The van der Waals surface area contributed by atoms with E-state index in [2.05, 4.69) is 26.8 Å². The molecule has 0 amide bonds. The summed E-state index contributed by atoms with van der Waals surface area (Å²) in [5, 5.41) is 10.9. The third-order valence-electron chi connectivity index (χ3n) is 4.86. The zero-order chi connectivity index (χ0) is 14.9. The summed E-state index contributed by atoms with van der Waals surface area (Å²) in [7, 11) is 0. The molecule has 3 heterocycles. The first-order valence-electron chi connectivity index (χ1n) is 8.08. The van der Waals surface area contributed by atoms with E-state index < -0.39 is 0 Å². The molecule has 2 aliphatic rings. The Labute approximate surface area is 135 Å². The van der Waals surface area contributed by atoms with E-state index in [4.69, 9.17) is 5.26 Å². The molecule has 0 aromatic carbocycles. The fourth-order valence-electron chi connectivity index (χ4n) is 3.73. The van der Waals surface area contributed by atoms with Crippen LogP contribution in [0, 0.1) is 11.3 Å². The highest BCUT2D eigenvalue weighted by Gasteiger charge is 2.27. The Morgan fingerprint density at radius 2 is 2.27 bits per heavy atom. The van der Waals surface area contributed by atoms with Gasteiger partial charge < -0.3 is 4.57 Å². The SMILES string of the molecule is N#Cc1csc(CN2CC[C@H](n3cnc4c3CCCC4)C2)c1. The van der Waals surface area contributed by atoms with Crippen molar-refractivity contribution in [3.8, 4) is 6.07 Å². The van der Waals surface area contributed by atoms with Gasteiger partial charge in [-0.2, -0.15) is 5.26 Å². The second-order valence-electron chi connectivity index (χ2n) is 6.34. The van der Waals surface area contributed by atoms with Crippen molar-refractivity contribution in [1.29, 1.82) is 5.26 Å². The summed E-state index contributed by atoms with van der Waals surface area (Å²) in [6.07, 6.45) is 8.23. The number of thiophene rings is 1. The van der Waals surface area contributed by atoms with Crippen LogP contribution in [-0.2, 0) is 19.4 Å². The highest BCUT2D eigenvalue weighted by atomic mass is 32.1. The lowest BCUT2D eigenvalue weighted by Crippen LogP contribution is -2.21. The van der Waals surface area contributed by atoms with Crippen molar-refractivity contribution in [2.45, 2.75) is 44.7 Å². The van der Waals surface area contributed by atoms with Crippen LogP contribution in [0.3, 0.4) is 0 Å². The predicted molar refractivity (Wildman–Crippen MR) is 86.8 cm³/mol. The fraction of sp³-hybridized carbons (Fsp3) is 0.529. The number of aryl methyl sites for hydroxylation is 1. The van der Waals surface area contributed by atoms with Gasteiger partial charge in [-0.15, -0.1) is 11.3 Å². The molecule has 1 aliphatic heterocycles. The maximum absolute atomic E-state index is 8.92. The smallest absolute Gasteiger partial charge is 0.100 e. The van der Waals surface area contributed by atoms with E-state index in [1.54, 1.807) is 11.3 Å². The molecule has 4 nitrogen and oxygen atoms in total. The van der Waals surface area contributed by atoms with E-state index in [1.165, 1.54) is 41.9 Å². The van der Waals surface area contributed by atoms with Gasteiger partial charge in [0.15, 0.2) is 0 Å². The van der Waals surface area contributed by atoms with Gasteiger partial charge in [0.1, 0.15) is 6.07 Å². The molecule has 0 unspecified atom stereocenters. The fourth-order valence-corrected chi connectivity index (χ4v) is 4.58. The highest BCUT2D eigenvalue weighted by molar-refractivity contribution is 7.10. The van der Waals surface area contributed by atoms with Crippen LogP contribution in [0.25, 0.3) is 0 Å². The lowest BCUT2D eigenvalue weighted by Gasteiger charge is -2.20. The molecule has 2 aromatic heterocycles. The number of nitrogens with zero attached hydrogens (tertiary/aromatic N) is 4. The van der Waals surface area contributed by atoms with Crippen LogP contribution >= 0.6 is 11.3 Å². The monoisotopic (exact) mass is 312 g/mol. The third kappa shape index (κ3) is 2.57. The second-order valence-corrected chi connectivity index (χ2v) is 7.34. The van der Waals surface area contributed by atoms with Crippen molar-refractivity contribution >= 4 is 11.3 Å². The van der Waals surface area contributed by atoms with Crippen LogP contribution in [0.4, 0.5) is 0 Å². The van der Waals surface area contributed by atoms with Gasteiger partial charge >= 0.3 is 0 Å².